The van der Waals surface area contributed by atoms with E-state index < -0.39 is 23.7 Å². The number of nitrogens with zero attached hydrogens (tertiary/aromatic N) is 3. The van der Waals surface area contributed by atoms with Crippen molar-refractivity contribution in [3.8, 4) is 5.88 Å². The number of carbonyl (C=O) groups excluding carboxylic acids is 1. The Morgan fingerprint density at radius 1 is 1.03 bits per heavy atom. The monoisotopic (exact) mass is 458 g/mol. The van der Waals surface area contributed by atoms with E-state index in [9.17, 15) is 23.1 Å². The average molecular weight is 459 g/mol. The minimum absolute atomic E-state index is 0.0501. The third-order valence-corrected chi connectivity index (χ3v) is 4.94. The summed E-state index contributed by atoms with van der Waals surface area (Å²) in [6.07, 6.45) is -0.980. The van der Waals surface area contributed by atoms with Gasteiger partial charge >= 0.3 is 6.18 Å². The first-order valence-corrected chi connectivity index (χ1v) is 9.63. The number of aromatic hydroxyl groups is 1. The number of hydrogen-bond donors (Lipinski definition) is 2. The van der Waals surface area contributed by atoms with Crippen LogP contribution in [0.15, 0.2) is 67.1 Å². The Labute approximate surface area is 184 Å². The number of hydrogen-bond acceptors (Lipinski definition) is 5. The van der Waals surface area contributed by atoms with Gasteiger partial charge in [-0.05, 0) is 48.0 Å². The topological polar surface area (TPSA) is 88.0 Å². The zero-order chi connectivity index (χ0) is 22.9. The van der Waals surface area contributed by atoms with Crippen molar-refractivity contribution in [3.05, 3.63) is 94.5 Å². The first-order chi connectivity index (χ1) is 15.2. The minimum atomic E-state index is -4.69. The Morgan fingerprint density at radius 2 is 1.84 bits per heavy atom. The van der Waals surface area contributed by atoms with Gasteiger partial charge in [0.15, 0.2) is 0 Å². The molecule has 4 aromatic rings. The summed E-state index contributed by atoms with van der Waals surface area (Å²) < 4.78 is 41.1. The number of amides is 1. The largest absolute Gasteiger partial charge is 0.493 e. The molecule has 0 aliphatic heterocycles. The lowest BCUT2D eigenvalue weighted by Crippen LogP contribution is -2.31. The van der Waals surface area contributed by atoms with E-state index in [0.717, 1.165) is 12.3 Å². The fraction of sp³-hybridized carbons (Fsp3) is 0.0909. The second-order valence-corrected chi connectivity index (χ2v) is 7.29. The van der Waals surface area contributed by atoms with Gasteiger partial charge in [0.05, 0.1) is 28.4 Å². The fourth-order valence-corrected chi connectivity index (χ4v) is 3.39. The van der Waals surface area contributed by atoms with Gasteiger partial charge in [-0.15, -0.1) is 0 Å². The van der Waals surface area contributed by atoms with Crippen LogP contribution in [0.5, 0.6) is 5.88 Å². The maximum Gasteiger partial charge on any atom is 0.418 e. The summed E-state index contributed by atoms with van der Waals surface area (Å²) in [7, 11) is 0. The number of pyridine rings is 3. The molecule has 0 spiro atoms. The van der Waals surface area contributed by atoms with E-state index in [4.69, 9.17) is 11.6 Å². The van der Waals surface area contributed by atoms with Crippen molar-refractivity contribution in [2.45, 2.75) is 12.2 Å². The number of benzene rings is 1. The lowest BCUT2D eigenvalue weighted by molar-refractivity contribution is -0.138. The summed E-state index contributed by atoms with van der Waals surface area (Å²) in [4.78, 5) is 24.7. The van der Waals surface area contributed by atoms with Crippen molar-refractivity contribution in [1.82, 2.24) is 20.3 Å². The SMILES string of the molecule is O=C(NC(c1cnc2ccc(Cl)cc2c1)c1ncccc1C(F)(F)F)c1ccc(O)nc1. The van der Waals surface area contributed by atoms with Crippen molar-refractivity contribution < 1.29 is 23.1 Å². The van der Waals surface area contributed by atoms with Crippen molar-refractivity contribution in [2.24, 2.45) is 0 Å². The smallest absolute Gasteiger partial charge is 0.418 e. The van der Waals surface area contributed by atoms with Crippen LogP contribution in [0.4, 0.5) is 13.2 Å². The van der Waals surface area contributed by atoms with E-state index in [1.54, 1.807) is 24.3 Å². The second-order valence-electron chi connectivity index (χ2n) is 6.85. The maximum atomic E-state index is 13.7. The number of aromatic nitrogens is 3. The highest BCUT2D eigenvalue weighted by atomic mass is 35.5. The highest BCUT2D eigenvalue weighted by Crippen LogP contribution is 2.36. The standard InChI is InChI=1S/C22H14ClF3N4O2/c23-15-4-5-17-13(9-15)8-14(11-28-17)19(20-16(22(24,25)26)2-1-7-27-20)30-21(32)12-3-6-18(31)29-10-12/h1-11,19H,(H,29,31)(H,30,32). The molecule has 1 unspecified atom stereocenters. The highest BCUT2D eigenvalue weighted by molar-refractivity contribution is 6.31. The molecule has 3 aromatic heterocycles. The van der Waals surface area contributed by atoms with E-state index in [2.05, 4.69) is 20.3 Å². The maximum absolute atomic E-state index is 13.7. The van der Waals surface area contributed by atoms with Crippen LogP contribution in [0, 0.1) is 0 Å². The predicted octanol–water partition coefficient (Wildman–Crippen LogP) is 4.92. The molecule has 0 saturated heterocycles. The highest BCUT2D eigenvalue weighted by Gasteiger charge is 2.37. The van der Waals surface area contributed by atoms with Crippen molar-refractivity contribution in [3.63, 3.8) is 0 Å². The summed E-state index contributed by atoms with van der Waals surface area (Å²) in [5.41, 5.74) is -0.454. The summed E-state index contributed by atoms with van der Waals surface area (Å²) in [5.74, 6) is -0.995. The quantitative estimate of drug-likeness (QED) is 0.453. The van der Waals surface area contributed by atoms with Crippen LogP contribution in [0.1, 0.15) is 33.2 Å². The Balaban J connectivity index is 1.84. The van der Waals surface area contributed by atoms with Crippen molar-refractivity contribution >= 4 is 28.4 Å². The zero-order valence-electron chi connectivity index (χ0n) is 16.1. The van der Waals surface area contributed by atoms with Crippen LogP contribution in [-0.2, 0) is 6.18 Å². The Hall–Kier alpha value is -3.72. The molecular formula is C22H14ClF3N4O2. The molecule has 2 N–H and O–H groups in total. The predicted molar refractivity (Wildman–Crippen MR) is 111 cm³/mol. The lowest BCUT2D eigenvalue weighted by atomic mass is 9.98. The van der Waals surface area contributed by atoms with Crippen LogP contribution < -0.4 is 5.32 Å². The van der Waals surface area contributed by atoms with E-state index in [-0.39, 0.29) is 22.7 Å². The number of halogens is 4. The second kappa shape index (κ2) is 8.43. The number of fused-ring (bicyclic) bond motifs is 1. The van der Waals surface area contributed by atoms with Gasteiger partial charge in [-0.2, -0.15) is 13.2 Å². The molecule has 1 atom stereocenters. The van der Waals surface area contributed by atoms with Gasteiger partial charge in [-0.1, -0.05) is 11.6 Å². The third kappa shape index (κ3) is 4.47. The van der Waals surface area contributed by atoms with Gasteiger partial charge in [-0.3, -0.25) is 14.8 Å². The molecule has 4 rings (SSSR count). The van der Waals surface area contributed by atoms with E-state index in [0.29, 0.717) is 15.9 Å². The Bertz CT molecular complexity index is 1300. The normalized spacial score (nSPS) is 12.5. The van der Waals surface area contributed by atoms with Crippen LogP contribution in [0.25, 0.3) is 10.9 Å². The molecule has 6 nitrogen and oxygen atoms in total. The number of alkyl halides is 3. The van der Waals surface area contributed by atoms with Crippen LogP contribution in [0.2, 0.25) is 5.02 Å². The molecule has 0 bridgehead atoms. The molecule has 1 aromatic carbocycles. The van der Waals surface area contributed by atoms with Gasteiger partial charge in [0.1, 0.15) is 0 Å². The Kier molecular flexibility index (Phi) is 5.67. The first kappa shape index (κ1) is 21.5. The van der Waals surface area contributed by atoms with E-state index in [1.807, 2.05) is 0 Å². The lowest BCUT2D eigenvalue weighted by Gasteiger charge is -2.22. The van der Waals surface area contributed by atoms with E-state index >= 15 is 0 Å². The molecule has 32 heavy (non-hydrogen) atoms. The number of nitrogens with one attached hydrogen (secondary N) is 1. The first-order valence-electron chi connectivity index (χ1n) is 9.25. The molecule has 0 saturated carbocycles. The van der Waals surface area contributed by atoms with Gasteiger partial charge in [0, 0.05) is 35.1 Å². The summed E-state index contributed by atoms with van der Waals surface area (Å²) in [6.45, 7) is 0. The van der Waals surface area contributed by atoms with E-state index in [1.165, 1.54) is 30.6 Å². The third-order valence-electron chi connectivity index (χ3n) is 4.70. The molecule has 162 valence electrons. The molecule has 1 amide bonds. The molecular weight excluding hydrogens is 445 g/mol. The molecule has 0 radical (unpaired) electrons. The molecule has 3 heterocycles. The van der Waals surface area contributed by atoms with Gasteiger partial charge in [0.25, 0.3) is 5.91 Å². The fourth-order valence-electron chi connectivity index (χ4n) is 3.21. The van der Waals surface area contributed by atoms with Crippen LogP contribution in [-0.4, -0.2) is 26.0 Å². The van der Waals surface area contributed by atoms with Crippen LogP contribution in [0.3, 0.4) is 0 Å². The summed E-state index contributed by atoms with van der Waals surface area (Å²) in [5, 5.41) is 12.9. The molecule has 0 fully saturated rings. The molecule has 10 heteroatoms. The average Bonchev–Trinajstić information content (AvgIpc) is 2.76. The molecule has 0 aliphatic carbocycles. The van der Waals surface area contributed by atoms with Gasteiger partial charge in [0.2, 0.25) is 5.88 Å². The van der Waals surface area contributed by atoms with Crippen molar-refractivity contribution in [1.29, 1.82) is 0 Å². The Morgan fingerprint density at radius 3 is 2.56 bits per heavy atom. The summed E-state index contributed by atoms with van der Waals surface area (Å²) >= 11 is 6.04. The van der Waals surface area contributed by atoms with Crippen LogP contribution >= 0.6 is 11.6 Å². The zero-order valence-corrected chi connectivity index (χ0v) is 16.9. The number of carbonyl (C=O) groups is 1. The summed E-state index contributed by atoms with van der Waals surface area (Å²) in [6, 6.07) is 9.85. The van der Waals surface area contributed by atoms with Gasteiger partial charge in [-0.25, -0.2) is 4.98 Å². The molecule has 0 aliphatic rings. The van der Waals surface area contributed by atoms with Crippen molar-refractivity contribution in [2.75, 3.05) is 0 Å². The number of rotatable bonds is 4. The minimum Gasteiger partial charge on any atom is -0.493 e. The van der Waals surface area contributed by atoms with Gasteiger partial charge < -0.3 is 10.4 Å².